The lowest BCUT2D eigenvalue weighted by atomic mass is 10.1. The first-order chi connectivity index (χ1) is 9.11. The molecule has 0 saturated carbocycles. The Kier molecular flexibility index (Phi) is 4.20. The van der Waals surface area contributed by atoms with Crippen LogP contribution in [0.4, 0.5) is 0 Å². The van der Waals surface area contributed by atoms with Crippen LogP contribution in [0, 0.1) is 0 Å². The molecule has 1 aromatic rings. The molecule has 1 aliphatic rings. The minimum atomic E-state index is -0.896. The second-order valence-corrected chi connectivity index (χ2v) is 4.93. The number of carbonyl (C=O) groups is 2. The molecule has 1 N–H and O–H groups in total. The number of likely N-dealkylation sites (tertiary alicyclic amines) is 1. The molecule has 4 nitrogen and oxygen atoms in total. The molecule has 19 heavy (non-hydrogen) atoms. The summed E-state index contributed by atoms with van der Waals surface area (Å²) in [6.45, 7) is 2.64. The molecule has 0 aromatic heterocycles. The number of aliphatic carboxylic acids is 1. The van der Waals surface area contributed by atoms with Gasteiger partial charge < -0.3 is 10.0 Å². The standard InChI is InChI=1S/C15H19NO3/c1-2-11-5-7-12(8-6-11)10-14(17)16-9-3-4-13(16)15(18)19/h5-8,13H,2-4,9-10H2,1H3,(H,18,19)/t13-/m0/s1. The van der Waals surface area contributed by atoms with Crippen molar-refractivity contribution in [1.29, 1.82) is 0 Å². The normalized spacial score (nSPS) is 18.6. The Morgan fingerprint density at radius 3 is 2.47 bits per heavy atom. The number of nitrogens with zero attached hydrogens (tertiary/aromatic N) is 1. The number of carboxylic acids is 1. The van der Waals surface area contributed by atoms with Crippen LogP contribution in [0.1, 0.15) is 30.9 Å². The molecule has 0 aliphatic carbocycles. The molecule has 1 atom stereocenters. The van der Waals surface area contributed by atoms with Gasteiger partial charge in [0.1, 0.15) is 6.04 Å². The molecule has 0 unspecified atom stereocenters. The van der Waals surface area contributed by atoms with Gasteiger partial charge in [0.25, 0.3) is 0 Å². The lowest BCUT2D eigenvalue weighted by Crippen LogP contribution is -2.41. The smallest absolute Gasteiger partial charge is 0.326 e. The van der Waals surface area contributed by atoms with Gasteiger partial charge in [0.05, 0.1) is 6.42 Å². The van der Waals surface area contributed by atoms with Gasteiger partial charge in [0.2, 0.25) is 5.91 Å². The number of hydrogen-bond donors (Lipinski definition) is 1. The van der Waals surface area contributed by atoms with E-state index in [-0.39, 0.29) is 12.3 Å². The minimum absolute atomic E-state index is 0.0888. The third kappa shape index (κ3) is 3.13. The first-order valence-corrected chi connectivity index (χ1v) is 6.72. The summed E-state index contributed by atoms with van der Waals surface area (Å²) in [7, 11) is 0. The van der Waals surface area contributed by atoms with Gasteiger partial charge in [-0.2, -0.15) is 0 Å². The Morgan fingerprint density at radius 1 is 1.26 bits per heavy atom. The second-order valence-electron chi connectivity index (χ2n) is 4.93. The minimum Gasteiger partial charge on any atom is -0.480 e. The molecular weight excluding hydrogens is 242 g/mol. The predicted molar refractivity (Wildman–Crippen MR) is 71.9 cm³/mol. The highest BCUT2D eigenvalue weighted by Crippen LogP contribution is 2.19. The van der Waals surface area contributed by atoms with Crippen LogP contribution in [0.15, 0.2) is 24.3 Å². The highest BCUT2D eigenvalue weighted by molar-refractivity contribution is 5.85. The summed E-state index contributed by atoms with van der Waals surface area (Å²) in [5, 5.41) is 9.07. The van der Waals surface area contributed by atoms with Crippen molar-refractivity contribution in [2.24, 2.45) is 0 Å². The number of benzene rings is 1. The van der Waals surface area contributed by atoms with E-state index in [1.165, 1.54) is 10.5 Å². The Morgan fingerprint density at radius 2 is 1.89 bits per heavy atom. The topological polar surface area (TPSA) is 57.6 Å². The molecule has 0 spiro atoms. The quantitative estimate of drug-likeness (QED) is 0.900. The third-order valence-corrected chi connectivity index (χ3v) is 3.64. The van der Waals surface area contributed by atoms with Crippen LogP contribution in [0.5, 0.6) is 0 Å². The Labute approximate surface area is 113 Å². The zero-order valence-corrected chi connectivity index (χ0v) is 11.1. The van der Waals surface area contributed by atoms with Crippen LogP contribution < -0.4 is 0 Å². The van der Waals surface area contributed by atoms with Crippen LogP contribution >= 0.6 is 0 Å². The summed E-state index contributed by atoms with van der Waals surface area (Å²) >= 11 is 0. The molecule has 2 rings (SSSR count). The summed E-state index contributed by atoms with van der Waals surface area (Å²) in [5.41, 5.74) is 2.18. The van der Waals surface area contributed by atoms with E-state index >= 15 is 0 Å². The number of carbonyl (C=O) groups excluding carboxylic acids is 1. The van der Waals surface area contributed by atoms with E-state index in [1.807, 2.05) is 24.3 Å². The largest absolute Gasteiger partial charge is 0.480 e. The van der Waals surface area contributed by atoms with Crippen LogP contribution in [0.3, 0.4) is 0 Å². The fraction of sp³-hybridized carbons (Fsp3) is 0.467. The van der Waals surface area contributed by atoms with Crippen LogP contribution in [-0.2, 0) is 22.4 Å². The van der Waals surface area contributed by atoms with Gasteiger partial charge in [-0.25, -0.2) is 4.79 Å². The van der Waals surface area contributed by atoms with E-state index in [4.69, 9.17) is 5.11 Å². The zero-order chi connectivity index (χ0) is 13.8. The first kappa shape index (κ1) is 13.6. The van der Waals surface area contributed by atoms with Gasteiger partial charge in [-0.05, 0) is 30.4 Å². The summed E-state index contributed by atoms with van der Waals surface area (Å²) < 4.78 is 0. The number of carboxylic acid groups (broad SMARTS) is 1. The van der Waals surface area contributed by atoms with Crippen molar-refractivity contribution in [2.75, 3.05) is 6.54 Å². The second kappa shape index (κ2) is 5.87. The van der Waals surface area contributed by atoms with E-state index in [0.717, 1.165) is 18.4 Å². The summed E-state index contributed by atoms with van der Waals surface area (Å²) in [4.78, 5) is 24.7. The van der Waals surface area contributed by atoms with Crippen LogP contribution in [-0.4, -0.2) is 34.5 Å². The molecular formula is C15H19NO3. The molecule has 1 amide bonds. The third-order valence-electron chi connectivity index (χ3n) is 3.64. The number of aryl methyl sites for hydroxylation is 1. The first-order valence-electron chi connectivity index (χ1n) is 6.72. The van der Waals surface area contributed by atoms with Gasteiger partial charge in [-0.3, -0.25) is 4.79 Å². The predicted octanol–water partition coefficient (Wildman–Crippen LogP) is 1.87. The van der Waals surface area contributed by atoms with Crippen molar-refractivity contribution in [3.8, 4) is 0 Å². The highest BCUT2D eigenvalue weighted by atomic mass is 16.4. The maximum Gasteiger partial charge on any atom is 0.326 e. The maximum absolute atomic E-state index is 12.1. The van der Waals surface area contributed by atoms with Gasteiger partial charge in [0, 0.05) is 6.54 Å². The van der Waals surface area contributed by atoms with Crippen molar-refractivity contribution < 1.29 is 14.7 Å². The molecule has 0 radical (unpaired) electrons. The summed E-state index contributed by atoms with van der Waals surface area (Å²) in [6, 6.07) is 7.29. The van der Waals surface area contributed by atoms with Gasteiger partial charge in [0.15, 0.2) is 0 Å². The van der Waals surface area contributed by atoms with E-state index in [0.29, 0.717) is 13.0 Å². The molecule has 1 heterocycles. The van der Waals surface area contributed by atoms with Crippen LogP contribution in [0.2, 0.25) is 0 Å². The van der Waals surface area contributed by atoms with Crippen LogP contribution in [0.25, 0.3) is 0 Å². The fourth-order valence-corrected chi connectivity index (χ4v) is 2.49. The van der Waals surface area contributed by atoms with E-state index in [2.05, 4.69) is 6.92 Å². The number of rotatable bonds is 4. The SMILES string of the molecule is CCc1ccc(CC(=O)N2CCC[C@H]2C(=O)O)cc1. The lowest BCUT2D eigenvalue weighted by molar-refractivity contribution is -0.148. The molecule has 1 aromatic carbocycles. The average molecular weight is 261 g/mol. The van der Waals surface area contributed by atoms with Crippen molar-refractivity contribution in [3.05, 3.63) is 35.4 Å². The lowest BCUT2D eigenvalue weighted by Gasteiger charge is -2.21. The van der Waals surface area contributed by atoms with Gasteiger partial charge in [-0.1, -0.05) is 31.2 Å². The molecule has 1 aliphatic heterocycles. The Bertz CT molecular complexity index is 467. The van der Waals surface area contributed by atoms with Crippen molar-refractivity contribution in [3.63, 3.8) is 0 Å². The fourth-order valence-electron chi connectivity index (χ4n) is 2.49. The van der Waals surface area contributed by atoms with Gasteiger partial charge >= 0.3 is 5.97 Å². The molecule has 0 bridgehead atoms. The Balaban J connectivity index is 2.01. The number of amides is 1. The molecule has 1 saturated heterocycles. The highest BCUT2D eigenvalue weighted by Gasteiger charge is 2.33. The zero-order valence-electron chi connectivity index (χ0n) is 11.1. The van der Waals surface area contributed by atoms with Gasteiger partial charge in [-0.15, -0.1) is 0 Å². The average Bonchev–Trinajstić information content (AvgIpc) is 2.89. The van der Waals surface area contributed by atoms with Crippen molar-refractivity contribution in [1.82, 2.24) is 4.90 Å². The van der Waals surface area contributed by atoms with Crippen molar-refractivity contribution >= 4 is 11.9 Å². The van der Waals surface area contributed by atoms with E-state index < -0.39 is 12.0 Å². The summed E-state index contributed by atoms with van der Waals surface area (Å²) in [5.74, 6) is -0.985. The summed E-state index contributed by atoms with van der Waals surface area (Å²) in [6.07, 6.45) is 2.60. The molecule has 102 valence electrons. The van der Waals surface area contributed by atoms with E-state index in [1.54, 1.807) is 0 Å². The Hall–Kier alpha value is -1.84. The van der Waals surface area contributed by atoms with Crippen molar-refractivity contribution in [2.45, 2.75) is 38.6 Å². The monoisotopic (exact) mass is 261 g/mol. The maximum atomic E-state index is 12.1. The molecule has 1 fully saturated rings. The van der Waals surface area contributed by atoms with E-state index in [9.17, 15) is 9.59 Å². The molecule has 4 heteroatoms. The number of hydrogen-bond acceptors (Lipinski definition) is 2.